The Bertz CT molecular complexity index is 1180. The molecular weight excluding hydrogens is 390 g/mol. The lowest BCUT2D eigenvalue weighted by molar-refractivity contribution is 0.102. The van der Waals surface area contributed by atoms with Crippen LogP contribution in [0.2, 0.25) is 0 Å². The zero-order valence-corrected chi connectivity index (χ0v) is 17.1. The van der Waals surface area contributed by atoms with E-state index in [9.17, 15) is 4.79 Å². The van der Waals surface area contributed by atoms with Gasteiger partial charge in [0.25, 0.3) is 5.91 Å². The second kappa shape index (κ2) is 9.00. The van der Waals surface area contributed by atoms with Gasteiger partial charge in [0.15, 0.2) is 0 Å². The van der Waals surface area contributed by atoms with Gasteiger partial charge in [-0.2, -0.15) is 0 Å². The second-order valence-electron chi connectivity index (χ2n) is 6.93. The van der Waals surface area contributed by atoms with Crippen molar-refractivity contribution in [3.05, 3.63) is 85.1 Å². The molecule has 1 aromatic carbocycles. The zero-order chi connectivity index (χ0) is 21.6. The Morgan fingerprint density at radius 3 is 2.48 bits per heavy atom. The van der Waals surface area contributed by atoms with Crippen LogP contribution in [-0.4, -0.2) is 39.9 Å². The first-order valence-corrected chi connectivity index (χ1v) is 9.64. The van der Waals surface area contributed by atoms with Crippen molar-refractivity contribution in [1.82, 2.24) is 19.9 Å². The number of aromatic nitrogens is 4. The normalized spacial score (nSPS) is 10.4. The van der Waals surface area contributed by atoms with Gasteiger partial charge >= 0.3 is 0 Å². The molecule has 0 spiro atoms. The van der Waals surface area contributed by atoms with Crippen molar-refractivity contribution in [3.63, 3.8) is 0 Å². The van der Waals surface area contributed by atoms with Crippen LogP contribution in [-0.2, 0) is 0 Å². The molecule has 0 unspecified atom stereocenters. The summed E-state index contributed by atoms with van der Waals surface area (Å²) < 4.78 is 0. The second-order valence-corrected chi connectivity index (χ2v) is 6.93. The largest absolute Gasteiger partial charge is 0.363 e. The number of nitrogens with zero attached hydrogens (tertiary/aromatic N) is 5. The van der Waals surface area contributed by atoms with E-state index in [0.717, 1.165) is 22.6 Å². The highest BCUT2D eigenvalue weighted by atomic mass is 16.1. The molecule has 0 radical (unpaired) electrons. The van der Waals surface area contributed by atoms with Gasteiger partial charge in [-0.15, -0.1) is 0 Å². The number of carbonyl (C=O) groups is 1. The lowest BCUT2D eigenvalue weighted by Crippen LogP contribution is -2.15. The molecule has 31 heavy (non-hydrogen) atoms. The third-order valence-corrected chi connectivity index (χ3v) is 4.50. The molecule has 8 heteroatoms. The van der Waals surface area contributed by atoms with Crippen LogP contribution in [0.15, 0.2) is 79.4 Å². The van der Waals surface area contributed by atoms with E-state index < -0.39 is 0 Å². The van der Waals surface area contributed by atoms with Crippen LogP contribution in [0.25, 0.3) is 11.1 Å². The minimum atomic E-state index is -0.350. The van der Waals surface area contributed by atoms with E-state index in [2.05, 4.69) is 30.6 Å². The molecule has 0 fully saturated rings. The highest BCUT2D eigenvalue weighted by molar-refractivity contribution is 6.05. The van der Waals surface area contributed by atoms with E-state index in [-0.39, 0.29) is 11.6 Å². The van der Waals surface area contributed by atoms with Crippen molar-refractivity contribution >= 4 is 29.0 Å². The molecule has 3 aromatic heterocycles. The van der Waals surface area contributed by atoms with E-state index in [4.69, 9.17) is 0 Å². The van der Waals surface area contributed by atoms with Crippen molar-refractivity contribution in [2.45, 2.75) is 0 Å². The van der Waals surface area contributed by atoms with Crippen LogP contribution < -0.4 is 15.5 Å². The van der Waals surface area contributed by atoms with E-state index in [1.807, 2.05) is 67.5 Å². The summed E-state index contributed by atoms with van der Waals surface area (Å²) in [5.74, 6) is 0.795. The Labute approximate surface area is 180 Å². The molecule has 0 aliphatic heterocycles. The third-order valence-electron chi connectivity index (χ3n) is 4.50. The monoisotopic (exact) mass is 411 g/mol. The van der Waals surface area contributed by atoms with Crippen molar-refractivity contribution < 1.29 is 4.79 Å². The molecule has 2 N–H and O–H groups in total. The maximum absolute atomic E-state index is 12.8. The highest BCUT2D eigenvalue weighted by Crippen LogP contribution is 2.27. The Kier molecular flexibility index (Phi) is 5.79. The minimum absolute atomic E-state index is 0.234. The van der Waals surface area contributed by atoms with E-state index >= 15 is 0 Å². The molecule has 0 aliphatic rings. The van der Waals surface area contributed by atoms with Crippen molar-refractivity contribution in [2.24, 2.45) is 0 Å². The molecule has 154 valence electrons. The number of hydrogen-bond donors (Lipinski definition) is 2. The van der Waals surface area contributed by atoms with Gasteiger partial charge in [-0.25, -0.2) is 15.0 Å². The summed E-state index contributed by atoms with van der Waals surface area (Å²) in [4.78, 5) is 31.8. The van der Waals surface area contributed by atoms with Gasteiger partial charge in [0.2, 0.25) is 5.95 Å². The Morgan fingerprint density at radius 1 is 0.903 bits per heavy atom. The van der Waals surface area contributed by atoms with Crippen LogP contribution in [0.3, 0.4) is 0 Å². The predicted octanol–water partition coefficient (Wildman–Crippen LogP) is 4.00. The molecule has 0 aliphatic carbocycles. The number of hydrogen-bond acceptors (Lipinski definition) is 7. The van der Waals surface area contributed by atoms with Crippen LogP contribution in [0.4, 0.5) is 23.1 Å². The summed E-state index contributed by atoms with van der Waals surface area (Å²) in [6, 6.07) is 17.0. The molecule has 4 rings (SSSR count). The summed E-state index contributed by atoms with van der Waals surface area (Å²) in [6.07, 6.45) is 6.54. The van der Waals surface area contributed by atoms with Crippen molar-refractivity contribution in [3.8, 4) is 11.1 Å². The average molecular weight is 411 g/mol. The van der Waals surface area contributed by atoms with E-state index in [1.54, 1.807) is 24.7 Å². The SMILES string of the molecule is CN(C)c1ccc(Nc2nccc(C(=O)Nc3cnccc3-c3ccccc3)n2)cn1. The number of rotatable bonds is 6. The lowest BCUT2D eigenvalue weighted by atomic mass is 10.1. The number of amides is 1. The molecule has 0 saturated carbocycles. The highest BCUT2D eigenvalue weighted by Gasteiger charge is 2.13. The standard InChI is InChI=1S/C23H21N7O/c1-30(2)21-9-8-17(14-26-21)27-23-25-13-11-19(29-23)22(31)28-20-15-24-12-10-18(20)16-6-4-3-5-7-16/h3-15H,1-2H3,(H,28,31)(H,25,27,29). The van der Waals surface area contributed by atoms with Crippen LogP contribution in [0, 0.1) is 0 Å². The van der Waals surface area contributed by atoms with Crippen LogP contribution in [0.5, 0.6) is 0 Å². The quantitative estimate of drug-likeness (QED) is 0.495. The van der Waals surface area contributed by atoms with Crippen LogP contribution >= 0.6 is 0 Å². The maximum atomic E-state index is 12.8. The van der Waals surface area contributed by atoms with Gasteiger partial charge in [0, 0.05) is 32.1 Å². The fourth-order valence-electron chi connectivity index (χ4n) is 2.95. The lowest BCUT2D eigenvalue weighted by Gasteiger charge is -2.12. The van der Waals surface area contributed by atoms with Crippen molar-refractivity contribution in [1.29, 1.82) is 0 Å². The average Bonchev–Trinajstić information content (AvgIpc) is 2.80. The molecule has 8 nitrogen and oxygen atoms in total. The maximum Gasteiger partial charge on any atom is 0.274 e. The Morgan fingerprint density at radius 2 is 1.74 bits per heavy atom. The first-order chi connectivity index (χ1) is 15.1. The van der Waals surface area contributed by atoms with Gasteiger partial charge < -0.3 is 15.5 Å². The number of pyridine rings is 2. The Hall–Kier alpha value is -4.33. The predicted molar refractivity (Wildman–Crippen MR) is 122 cm³/mol. The topological polar surface area (TPSA) is 95.9 Å². The molecular formula is C23H21N7O. The smallest absolute Gasteiger partial charge is 0.274 e. The van der Waals surface area contributed by atoms with Gasteiger partial charge in [-0.3, -0.25) is 9.78 Å². The minimum Gasteiger partial charge on any atom is -0.363 e. The molecule has 0 atom stereocenters. The first-order valence-electron chi connectivity index (χ1n) is 9.64. The number of carbonyl (C=O) groups excluding carboxylic acids is 1. The molecule has 0 bridgehead atoms. The van der Waals surface area contributed by atoms with Crippen molar-refractivity contribution in [2.75, 3.05) is 29.6 Å². The van der Waals surface area contributed by atoms with Gasteiger partial charge in [0.05, 0.1) is 23.8 Å². The molecule has 4 aromatic rings. The van der Waals surface area contributed by atoms with Gasteiger partial charge in [0.1, 0.15) is 11.5 Å². The van der Waals surface area contributed by atoms with Gasteiger partial charge in [-0.1, -0.05) is 30.3 Å². The summed E-state index contributed by atoms with van der Waals surface area (Å²) in [5.41, 5.74) is 3.43. The summed E-state index contributed by atoms with van der Waals surface area (Å²) >= 11 is 0. The summed E-state index contributed by atoms with van der Waals surface area (Å²) in [6.45, 7) is 0. The summed E-state index contributed by atoms with van der Waals surface area (Å²) in [5, 5.41) is 5.97. The number of nitrogens with one attached hydrogen (secondary N) is 2. The van der Waals surface area contributed by atoms with E-state index in [1.165, 1.54) is 6.20 Å². The van der Waals surface area contributed by atoms with E-state index in [0.29, 0.717) is 11.6 Å². The third kappa shape index (κ3) is 4.81. The zero-order valence-electron chi connectivity index (χ0n) is 17.1. The van der Waals surface area contributed by atoms with Gasteiger partial charge in [-0.05, 0) is 29.8 Å². The van der Waals surface area contributed by atoms with Crippen LogP contribution in [0.1, 0.15) is 10.5 Å². The summed E-state index contributed by atoms with van der Waals surface area (Å²) in [7, 11) is 3.85. The molecule has 3 heterocycles. The fourth-order valence-corrected chi connectivity index (χ4v) is 2.95. The molecule has 0 saturated heterocycles. The molecule has 1 amide bonds. The fraction of sp³-hybridized carbons (Fsp3) is 0.0870. The first kappa shape index (κ1) is 20.0. The number of benzene rings is 1. The Balaban J connectivity index is 1.52. The number of anilines is 4.